The summed E-state index contributed by atoms with van der Waals surface area (Å²) in [5.41, 5.74) is 1.03. The van der Waals surface area contributed by atoms with Crippen LogP contribution in [0.4, 0.5) is 5.82 Å². The number of pyridine rings is 1. The molecule has 8 heteroatoms. The second kappa shape index (κ2) is 12.5. The molecule has 8 nitrogen and oxygen atoms in total. The van der Waals surface area contributed by atoms with E-state index in [0.717, 1.165) is 49.8 Å². The summed E-state index contributed by atoms with van der Waals surface area (Å²) >= 11 is 0. The predicted octanol–water partition coefficient (Wildman–Crippen LogP) is 2.32. The number of piperidine rings is 1. The average molecular weight is 439 g/mol. The van der Waals surface area contributed by atoms with Gasteiger partial charge in [0.25, 0.3) is 5.91 Å². The Morgan fingerprint density at radius 2 is 1.94 bits per heavy atom. The fourth-order valence-electron chi connectivity index (χ4n) is 3.61. The maximum atomic E-state index is 11.6. The van der Waals surface area contributed by atoms with Crippen LogP contribution in [0.25, 0.3) is 0 Å². The van der Waals surface area contributed by atoms with Gasteiger partial charge in [-0.05, 0) is 56.5 Å². The Balaban J connectivity index is 1.52. The molecule has 2 heterocycles. The number of carbonyl (C=O) groups excluding carboxylic acids is 1. The highest BCUT2D eigenvalue weighted by Crippen LogP contribution is 2.17. The van der Waals surface area contributed by atoms with Crippen molar-refractivity contribution >= 4 is 17.7 Å². The van der Waals surface area contributed by atoms with Crippen LogP contribution >= 0.6 is 0 Å². The third-order valence-electron chi connectivity index (χ3n) is 5.22. The number of guanidine groups is 1. The molecule has 1 aliphatic rings. The number of anilines is 1. The molecule has 0 bridgehead atoms. The molecule has 0 radical (unpaired) electrons. The number of hydrogen-bond donors (Lipinski definition) is 3. The van der Waals surface area contributed by atoms with Gasteiger partial charge in [-0.25, -0.2) is 9.98 Å². The molecule has 32 heavy (non-hydrogen) atoms. The van der Waals surface area contributed by atoms with E-state index in [0.29, 0.717) is 24.9 Å². The molecular weight excluding hydrogens is 404 g/mol. The monoisotopic (exact) mass is 438 g/mol. The van der Waals surface area contributed by atoms with Crippen molar-refractivity contribution in [2.24, 2.45) is 4.99 Å². The summed E-state index contributed by atoms with van der Waals surface area (Å²) in [5, 5.41) is 9.64. The third-order valence-corrected chi connectivity index (χ3v) is 5.22. The molecule has 3 N–H and O–H groups in total. The van der Waals surface area contributed by atoms with Crippen molar-refractivity contribution in [3.05, 3.63) is 54.2 Å². The summed E-state index contributed by atoms with van der Waals surface area (Å²) in [6.07, 6.45) is 3.91. The number of aromatic nitrogens is 1. The van der Waals surface area contributed by atoms with Crippen LogP contribution in [0.1, 0.15) is 32.3 Å². The van der Waals surface area contributed by atoms with Gasteiger partial charge in [0.05, 0.1) is 6.54 Å². The number of rotatable bonds is 9. The van der Waals surface area contributed by atoms with E-state index in [1.807, 2.05) is 49.5 Å². The number of benzene rings is 1. The van der Waals surface area contributed by atoms with Crippen LogP contribution in [0.3, 0.4) is 0 Å². The van der Waals surface area contributed by atoms with Gasteiger partial charge in [-0.2, -0.15) is 0 Å². The minimum absolute atomic E-state index is 0.0158. The summed E-state index contributed by atoms with van der Waals surface area (Å²) in [5.74, 6) is 2.41. The summed E-state index contributed by atoms with van der Waals surface area (Å²) in [6, 6.07) is 14.1. The van der Waals surface area contributed by atoms with Crippen LogP contribution in [0.2, 0.25) is 0 Å². The molecule has 2 aromatic rings. The van der Waals surface area contributed by atoms with Crippen molar-refractivity contribution in [2.75, 3.05) is 37.7 Å². The molecule has 0 spiro atoms. The van der Waals surface area contributed by atoms with Gasteiger partial charge in [0.1, 0.15) is 11.6 Å². The first-order valence-corrected chi connectivity index (χ1v) is 11.4. The molecule has 3 rings (SSSR count). The summed E-state index contributed by atoms with van der Waals surface area (Å²) in [4.78, 5) is 23.1. The molecule has 1 fully saturated rings. The van der Waals surface area contributed by atoms with Gasteiger partial charge in [0, 0.05) is 38.4 Å². The van der Waals surface area contributed by atoms with Gasteiger partial charge in [0.15, 0.2) is 12.6 Å². The van der Waals surface area contributed by atoms with E-state index in [1.54, 1.807) is 0 Å². The normalized spacial score (nSPS) is 14.7. The zero-order valence-electron chi connectivity index (χ0n) is 19.0. The largest absolute Gasteiger partial charge is 0.484 e. The number of ether oxygens (including phenoxy) is 1. The van der Waals surface area contributed by atoms with Crippen molar-refractivity contribution in [3.8, 4) is 5.75 Å². The molecule has 0 unspecified atom stereocenters. The quantitative estimate of drug-likeness (QED) is 0.411. The van der Waals surface area contributed by atoms with Gasteiger partial charge in [-0.15, -0.1) is 0 Å². The fraction of sp³-hybridized carbons (Fsp3) is 0.458. The first kappa shape index (κ1) is 23.4. The molecule has 0 atom stereocenters. The zero-order valence-corrected chi connectivity index (χ0v) is 19.0. The molecule has 0 saturated carbocycles. The van der Waals surface area contributed by atoms with E-state index >= 15 is 0 Å². The molecular formula is C24H34N6O2. The lowest BCUT2D eigenvalue weighted by Gasteiger charge is -2.33. The zero-order chi connectivity index (χ0) is 22.6. The molecule has 0 aliphatic carbocycles. The lowest BCUT2D eigenvalue weighted by molar-refractivity contribution is -0.122. The van der Waals surface area contributed by atoms with Crippen molar-refractivity contribution in [1.29, 1.82) is 0 Å². The van der Waals surface area contributed by atoms with Crippen molar-refractivity contribution < 1.29 is 9.53 Å². The van der Waals surface area contributed by atoms with Gasteiger partial charge in [-0.1, -0.05) is 18.2 Å². The second-order valence-corrected chi connectivity index (χ2v) is 7.68. The smallest absolute Gasteiger partial charge is 0.257 e. The Hall–Kier alpha value is -3.29. The highest BCUT2D eigenvalue weighted by atomic mass is 16.5. The summed E-state index contributed by atoms with van der Waals surface area (Å²) in [7, 11) is 0. The van der Waals surface area contributed by atoms with Crippen LogP contribution in [-0.2, 0) is 11.3 Å². The van der Waals surface area contributed by atoms with E-state index in [1.165, 1.54) is 0 Å². The topological polar surface area (TPSA) is 90.9 Å². The summed E-state index contributed by atoms with van der Waals surface area (Å²) in [6.45, 7) is 7.83. The molecule has 1 aliphatic heterocycles. The van der Waals surface area contributed by atoms with E-state index < -0.39 is 0 Å². The van der Waals surface area contributed by atoms with E-state index in [-0.39, 0.29) is 12.5 Å². The minimum Gasteiger partial charge on any atom is -0.484 e. The number of hydrogen-bond acceptors (Lipinski definition) is 5. The highest BCUT2D eigenvalue weighted by molar-refractivity contribution is 5.80. The number of likely N-dealkylation sites (N-methyl/N-ethyl adjacent to an activating group) is 1. The number of carbonyl (C=O) groups is 1. The van der Waals surface area contributed by atoms with Crippen LogP contribution in [-0.4, -0.2) is 55.7 Å². The Morgan fingerprint density at radius 1 is 1.12 bits per heavy atom. The number of amides is 1. The lowest BCUT2D eigenvalue weighted by Crippen LogP contribution is -2.48. The number of nitrogens with zero attached hydrogens (tertiary/aromatic N) is 3. The highest BCUT2D eigenvalue weighted by Gasteiger charge is 2.20. The SMILES string of the molecule is CCNC(=O)COc1cccc(CN=C(NCC)NC2CCN(c3ccccn3)CC2)c1. The van der Waals surface area contributed by atoms with Crippen LogP contribution in [0.5, 0.6) is 5.75 Å². The maximum Gasteiger partial charge on any atom is 0.257 e. The predicted molar refractivity (Wildman–Crippen MR) is 128 cm³/mol. The Morgan fingerprint density at radius 3 is 2.66 bits per heavy atom. The van der Waals surface area contributed by atoms with E-state index in [4.69, 9.17) is 9.73 Å². The van der Waals surface area contributed by atoms with Gasteiger partial charge in [0.2, 0.25) is 0 Å². The Bertz CT molecular complexity index is 866. The molecule has 172 valence electrons. The molecule has 1 amide bonds. The number of aliphatic imine (C=N–C) groups is 1. The van der Waals surface area contributed by atoms with E-state index in [9.17, 15) is 4.79 Å². The minimum atomic E-state index is -0.122. The van der Waals surface area contributed by atoms with Crippen LogP contribution in [0, 0.1) is 0 Å². The molecule has 1 aromatic heterocycles. The standard InChI is InChI=1S/C24H34N6O2/c1-3-25-23(31)18-32-21-9-7-8-19(16-21)17-28-24(26-4-2)29-20-11-14-30(15-12-20)22-10-5-6-13-27-22/h5-10,13,16,20H,3-4,11-12,14-15,17-18H2,1-2H3,(H,25,31)(H2,26,28,29). The van der Waals surface area contributed by atoms with Crippen molar-refractivity contribution in [3.63, 3.8) is 0 Å². The van der Waals surface area contributed by atoms with Gasteiger partial charge in [-0.3, -0.25) is 4.79 Å². The second-order valence-electron chi connectivity index (χ2n) is 7.68. The van der Waals surface area contributed by atoms with E-state index in [2.05, 4.69) is 38.8 Å². The first-order chi connectivity index (χ1) is 15.7. The summed E-state index contributed by atoms with van der Waals surface area (Å²) < 4.78 is 5.58. The maximum absolute atomic E-state index is 11.6. The van der Waals surface area contributed by atoms with Crippen LogP contribution < -0.4 is 25.6 Å². The van der Waals surface area contributed by atoms with Crippen molar-refractivity contribution in [2.45, 2.75) is 39.3 Å². The fourth-order valence-corrected chi connectivity index (χ4v) is 3.61. The molecule has 1 aromatic carbocycles. The molecule has 1 saturated heterocycles. The lowest BCUT2D eigenvalue weighted by atomic mass is 10.1. The van der Waals surface area contributed by atoms with Crippen molar-refractivity contribution in [1.82, 2.24) is 20.9 Å². The average Bonchev–Trinajstić information content (AvgIpc) is 2.83. The number of nitrogens with one attached hydrogen (secondary N) is 3. The van der Waals surface area contributed by atoms with Gasteiger partial charge < -0.3 is 25.6 Å². The Labute approximate surface area is 190 Å². The first-order valence-electron chi connectivity index (χ1n) is 11.4. The Kier molecular flexibility index (Phi) is 9.16. The van der Waals surface area contributed by atoms with Crippen LogP contribution in [0.15, 0.2) is 53.7 Å². The van der Waals surface area contributed by atoms with Gasteiger partial charge >= 0.3 is 0 Å². The third kappa shape index (κ3) is 7.44.